The summed E-state index contributed by atoms with van der Waals surface area (Å²) < 4.78 is 82.0. The molecule has 0 spiro atoms. The monoisotopic (exact) mass is 309 g/mol. The molecule has 1 aromatic carbocycles. The zero-order valence-corrected chi connectivity index (χ0v) is 10.4. The Morgan fingerprint density at radius 3 is 1.90 bits per heavy atom. The molecular formula is C12H7F6N2O. The van der Waals surface area contributed by atoms with Crippen molar-refractivity contribution in [3.05, 3.63) is 41.6 Å². The van der Waals surface area contributed by atoms with Crippen molar-refractivity contribution in [1.82, 2.24) is 9.78 Å². The van der Waals surface area contributed by atoms with Crippen LogP contribution in [0.25, 0.3) is 0 Å². The van der Waals surface area contributed by atoms with E-state index in [2.05, 4.69) is 11.3 Å². The standard InChI is InChI=1S/C12H7F6N2O/c1-20-10(2-3-19-20)21-9-5-7(11(13,14)15)4-8(6-9)12(16,17)18/h2,4-6H,1H3. The van der Waals surface area contributed by atoms with Crippen LogP contribution < -0.4 is 4.74 Å². The summed E-state index contributed by atoms with van der Waals surface area (Å²) in [6.45, 7) is 0. The first-order valence-electron chi connectivity index (χ1n) is 5.45. The van der Waals surface area contributed by atoms with Crippen molar-refractivity contribution in [1.29, 1.82) is 0 Å². The largest absolute Gasteiger partial charge is 0.439 e. The minimum Gasteiger partial charge on any atom is -0.439 e. The summed E-state index contributed by atoms with van der Waals surface area (Å²) in [5, 5.41) is 3.58. The average molecular weight is 309 g/mol. The number of aromatic nitrogens is 2. The fourth-order valence-corrected chi connectivity index (χ4v) is 1.51. The summed E-state index contributed by atoms with van der Waals surface area (Å²) in [7, 11) is 1.41. The highest BCUT2D eigenvalue weighted by Crippen LogP contribution is 2.39. The summed E-state index contributed by atoms with van der Waals surface area (Å²) in [5.41, 5.74) is -2.89. The summed E-state index contributed by atoms with van der Waals surface area (Å²) in [4.78, 5) is 0. The van der Waals surface area contributed by atoms with E-state index in [4.69, 9.17) is 4.74 Å². The average Bonchev–Trinajstić information content (AvgIpc) is 2.72. The maximum atomic E-state index is 12.6. The molecular weight excluding hydrogens is 302 g/mol. The lowest BCUT2D eigenvalue weighted by Gasteiger charge is -2.14. The Labute approximate surface area is 114 Å². The molecule has 0 bridgehead atoms. The van der Waals surface area contributed by atoms with Crippen LogP contribution in [0, 0.1) is 6.20 Å². The molecule has 0 saturated carbocycles. The van der Waals surface area contributed by atoms with Gasteiger partial charge in [-0.1, -0.05) is 0 Å². The highest BCUT2D eigenvalue weighted by molar-refractivity contribution is 5.39. The molecule has 113 valence electrons. The molecule has 1 heterocycles. The Balaban J connectivity index is 2.48. The van der Waals surface area contributed by atoms with Gasteiger partial charge in [0, 0.05) is 13.1 Å². The van der Waals surface area contributed by atoms with Gasteiger partial charge in [-0.3, -0.25) is 0 Å². The SMILES string of the molecule is Cn1n[c]cc1Oc1cc(C(F)(F)F)cc(C(F)(F)F)c1. The Hall–Kier alpha value is -2.19. The lowest BCUT2D eigenvalue weighted by atomic mass is 10.1. The number of hydrogen-bond acceptors (Lipinski definition) is 2. The van der Waals surface area contributed by atoms with E-state index < -0.39 is 29.2 Å². The fraction of sp³-hybridized carbons (Fsp3) is 0.250. The lowest BCUT2D eigenvalue weighted by molar-refractivity contribution is -0.143. The quantitative estimate of drug-likeness (QED) is 0.783. The Kier molecular flexibility index (Phi) is 3.60. The third-order valence-corrected chi connectivity index (χ3v) is 2.50. The molecule has 0 atom stereocenters. The van der Waals surface area contributed by atoms with E-state index in [0.29, 0.717) is 12.1 Å². The van der Waals surface area contributed by atoms with Crippen LogP contribution in [0.2, 0.25) is 0 Å². The van der Waals surface area contributed by atoms with Crippen LogP contribution in [0.5, 0.6) is 11.6 Å². The van der Waals surface area contributed by atoms with Gasteiger partial charge in [0.05, 0.1) is 11.1 Å². The molecule has 0 aliphatic carbocycles. The van der Waals surface area contributed by atoms with Gasteiger partial charge in [0.2, 0.25) is 5.88 Å². The van der Waals surface area contributed by atoms with Gasteiger partial charge in [-0.05, 0) is 18.2 Å². The molecule has 0 amide bonds. The van der Waals surface area contributed by atoms with Gasteiger partial charge in [0.15, 0.2) is 0 Å². The number of benzene rings is 1. The molecule has 0 aliphatic rings. The number of ether oxygens (including phenoxy) is 1. The summed E-state index contributed by atoms with van der Waals surface area (Å²) in [5.74, 6) is -0.628. The molecule has 1 radical (unpaired) electrons. The van der Waals surface area contributed by atoms with Crippen LogP contribution in [0.15, 0.2) is 24.3 Å². The second-order valence-corrected chi connectivity index (χ2v) is 4.08. The molecule has 0 unspecified atom stereocenters. The van der Waals surface area contributed by atoms with Gasteiger partial charge in [-0.2, -0.15) is 31.4 Å². The summed E-state index contributed by atoms with van der Waals surface area (Å²) in [6, 6.07) is 2.19. The maximum absolute atomic E-state index is 12.6. The molecule has 9 heteroatoms. The van der Waals surface area contributed by atoms with Crippen LogP contribution in [0.1, 0.15) is 11.1 Å². The Bertz CT molecular complexity index is 612. The first-order chi connectivity index (χ1) is 9.57. The van der Waals surface area contributed by atoms with Crippen molar-refractivity contribution < 1.29 is 31.1 Å². The predicted octanol–water partition coefficient (Wildman–Crippen LogP) is 4.05. The summed E-state index contributed by atoms with van der Waals surface area (Å²) in [6.07, 6.45) is -7.49. The first-order valence-corrected chi connectivity index (χ1v) is 5.45. The van der Waals surface area contributed by atoms with Gasteiger partial charge >= 0.3 is 12.4 Å². The number of halogens is 6. The molecule has 21 heavy (non-hydrogen) atoms. The molecule has 0 fully saturated rings. The Morgan fingerprint density at radius 1 is 1.00 bits per heavy atom. The van der Waals surface area contributed by atoms with E-state index in [0.717, 1.165) is 4.68 Å². The highest BCUT2D eigenvalue weighted by atomic mass is 19.4. The van der Waals surface area contributed by atoms with Crippen LogP contribution in [-0.2, 0) is 19.4 Å². The van der Waals surface area contributed by atoms with Gasteiger partial charge in [-0.25, -0.2) is 4.68 Å². The number of alkyl halides is 6. The van der Waals surface area contributed by atoms with E-state index in [1.165, 1.54) is 13.1 Å². The van der Waals surface area contributed by atoms with Gasteiger partial charge in [0.1, 0.15) is 11.9 Å². The van der Waals surface area contributed by atoms with Crippen LogP contribution in [0.4, 0.5) is 26.3 Å². The summed E-state index contributed by atoms with van der Waals surface area (Å²) >= 11 is 0. The molecule has 3 nitrogen and oxygen atoms in total. The maximum Gasteiger partial charge on any atom is 0.416 e. The van der Waals surface area contributed by atoms with Gasteiger partial charge in [-0.15, -0.1) is 0 Å². The van der Waals surface area contributed by atoms with Crippen molar-refractivity contribution >= 4 is 0 Å². The molecule has 0 saturated heterocycles. The van der Waals surface area contributed by atoms with Crippen molar-refractivity contribution in [2.75, 3.05) is 0 Å². The predicted molar refractivity (Wildman–Crippen MR) is 58.6 cm³/mol. The van der Waals surface area contributed by atoms with E-state index in [1.807, 2.05) is 0 Å². The highest BCUT2D eigenvalue weighted by Gasteiger charge is 2.37. The van der Waals surface area contributed by atoms with Crippen LogP contribution >= 0.6 is 0 Å². The number of aryl methyl sites for hydroxylation is 1. The second-order valence-electron chi connectivity index (χ2n) is 4.08. The lowest BCUT2D eigenvalue weighted by Crippen LogP contribution is -2.11. The topological polar surface area (TPSA) is 27.1 Å². The molecule has 1 aromatic heterocycles. The minimum atomic E-state index is -4.92. The fourth-order valence-electron chi connectivity index (χ4n) is 1.51. The third kappa shape index (κ3) is 3.47. The zero-order valence-electron chi connectivity index (χ0n) is 10.4. The molecule has 2 rings (SSSR count). The van der Waals surface area contributed by atoms with Gasteiger partial charge < -0.3 is 4.74 Å². The van der Waals surface area contributed by atoms with E-state index in [9.17, 15) is 26.3 Å². The third-order valence-electron chi connectivity index (χ3n) is 2.50. The molecule has 0 N–H and O–H groups in total. The number of nitrogens with zero attached hydrogens (tertiary/aromatic N) is 2. The molecule has 0 aliphatic heterocycles. The zero-order chi connectivity index (χ0) is 15.8. The smallest absolute Gasteiger partial charge is 0.416 e. The Morgan fingerprint density at radius 2 is 1.52 bits per heavy atom. The van der Waals surface area contributed by atoms with E-state index in [-0.39, 0.29) is 11.9 Å². The van der Waals surface area contributed by atoms with Crippen molar-refractivity contribution in [2.24, 2.45) is 7.05 Å². The number of hydrogen-bond donors (Lipinski definition) is 0. The van der Waals surface area contributed by atoms with Crippen molar-refractivity contribution in [3.63, 3.8) is 0 Å². The second kappa shape index (κ2) is 4.97. The van der Waals surface area contributed by atoms with Crippen molar-refractivity contribution in [3.8, 4) is 11.6 Å². The van der Waals surface area contributed by atoms with Gasteiger partial charge in [0.25, 0.3) is 0 Å². The van der Waals surface area contributed by atoms with Crippen molar-refractivity contribution in [2.45, 2.75) is 12.4 Å². The van der Waals surface area contributed by atoms with E-state index >= 15 is 0 Å². The normalized spacial score (nSPS) is 12.5. The van der Waals surface area contributed by atoms with Crippen LogP contribution in [-0.4, -0.2) is 9.78 Å². The van der Waals surface area contributed by atoms with Crippen LogP contribution in [0.3, 0.4) is 0 Å². The first kappa shape index (κ1) is 15.2. The minimum absolute atomic E-state index is 0.0300. The molecule has 2 aromatic rings. The van der Waals surface area contributed by atoms with E-state index in [1.54, 1.807) is 0 Å². The number of rotatable bonds is 2.